The van der Waals surface area contributed by atoms with Crippen LogP contribution in [-0.4, -0.2) is 53.0 Å². The van der Waals surface area contributed by atoms with Crippen molar-refractivity contribution in [2.45, 2.75) is 45.7 Å². The highest BCUT2D eigenvalue weighted by atomic mass is 16.2. The number of aliphatic imine (C=N–C) groups is 1. The SMILES string of the molecule is CCNC(=NCc1ccc(C)nc1)N1CCC(C2(C)NC(=O)NC2=O)CC1. The number of carbonyl (C=O) groups excluding carboxylic acids is 2. The van der Waals surface area contributed by atoms with E-state index in [2.05, 4.69) is 32.8 Å². The molecule has 8 nitrogen and oxygen atoms in total. The molecular weight excluding hydrogens is 344 g/mol. The van der Waals surface area contributed by atoms with Crippen LogP contribution in [0.2, 0.25) is 0 Å². The average Bonchev–Trinajstić information content (AvgIpc) is 2.93. The van der Waals surface area contributed by atoms with Crippen molar-refractivity contribution in [1.82, 2.24) is 25.8 Å². The van der Waals surface area contributed by atoms with E-state index >= 15 is 0 Å². The van der Waals surface area contributed by atoms with Crippen LogP contribution >= 0.6 is 0 Å². The van der Waals surface area contributed by atoms with Crippen molar-refractivity contribution in [2.75, 3.05) is 19.6 Å². The van der Waals surface area contributed by atoms with Crippen LogP contribution in [0.15, 0.2) is 23.3 Å². The first-order valence-corrected chi connectivity index (χ1v) is 9.50. The molecule has 2 aliphatic heterocycles. The molecule has 0 spiro atoms. The second-order valence-corrected chi connectivity index (χ2v) is 7.35. The minimum Gasteiger partial charge on any atom is -0.357 e. The maximum atomic E-state index is 12.2. The second-order valence-electron chi connectivity index (χ2n) is 7.35. The third-order valence-electron chi connectivity index (χ3n) is 5.40. The number of amides is 3. The minimum atomic E-state index is -0.813. The third-order valence-corrected chi connectivity index (χ3v) is 5.40. The number of nitrogens with zero attached hydrogens (tertiary/aromatic N) is 3. The summed E-state index contributed by atoms with van der Waals surface area (Å²) >= 11 is 0. The first-order valence-electron chi connectivity index (χ1n) is 9.50. The smallest absolute Gasteiger partial charge is 0.322 e. The number of nitrogens with one attached hydrogen (secondary N) is 3. The Morgan fingerprint density at radius 3 is 2.67 bits per heavy atom. The molecule has 0 saturated carbocycles. The zero-order valence-electron chi connectivity index (χ0n) is 16.2. The first-order chi connectivity index (χ1) is 12.9. The molecule has 2 fully saturated rings. The van der Waals surface area contributed by atoms with Crippen molar-refractivity contribution in [2.24, 2.45) is 10.9 Å². The van der Waals surface area contributed by atoms with Crippen molar-refractivity contribution >= 4 is 17.9 Å². The van der Waals surface area contributed by atoms with Gasteiger partial charge in [-0.25, -0.2) is 9.79 Å². The zero-order valence-corrected chi connectivity index (χ0v) is 16.2. The summed E-state index contributed by atoms with van der Waals surface area (Å²) in [6.45, 7) is 8.79. The lowest BCUT2D eigenvalue weighted by atomic mass is 9.79. The molecule has 3 heterocycles. The molecule has 1 aromatic heterocycles. The molecule has 1 unspecified atom stereocenters. The van der Waals surface area contributed by atoms with Crippen LogP contribution in [0.5, 0.6) is 0 Å². The molecule has 3 rings (SSSR count). The fourth-order valence-corrected chi connectivity index (χ4v) is 3.70. The number of pyridine rings is 1. The van der Waals surface area contributed by atoms with E-state index < -0.39 is 11.6 Å². The molecule has 0 aromatic carbocycles. The predicted octanol–water partition coefficient (Wildman–Crippen LogP) is 1.17. The maximum absolute atomic E-state index is 12.2. The van der Waals surface area contributed by atoms with Gasteiger partial charge in [0.1, 0.15) is 5.54 Å². The molecule has 8 heteroatoms. The number of hydrogen-bond donors (Lipinski definition) is 3. The van der Waals surface area contributed by atoms with Gasteiger partial charge in [-0.3, -0.25) is 15.1 Å². The molecule has 2 aliphatic rings. The van der Waals surface area contributed by atoms with Gasteiger partial charge >= 0.3 is 6.03 Å². The van der Waals surface area contributed by atoms with Gasteiger partial charge in [0, 0.05) is 31.5 Å². The van der Waals surface area contributed by atoms with Crippen molar-refractivity contribution in [3.05, 3.63) is 29.6 Å². The molecule has 0 radical (unpaired) electrons. The van der Waals surface area contributed by atoms with Crippen LogP contribution in [0.3, 0.4) is 0 Å². The Balaban J connectivity index is 1.63. The lowest BCUT2D eigenvalue weighted by Gasteiger charge is -2.39. The summed E-state index contributed by atoms with van der Waals surface area (Å²) in [6, 6.07) is 3.64. The van der Waals surface area contributed by atoms with Crippen molar-refractivity contribution < 1.29 is 9.59 Å². The number of piperidine rings is 1. The lowest BCUT2D eigenvalue weighted by Crippen LogP contribution is -2.55. The van der Waals surface area contributed by atoms with Gasteiger partial charge in [0.05, 0.1) is 6.54 Å². The number of rotatable bonds is 4. The normalized spacial score (nSPS) is 24.0. The summed E-state index contributed by atoms with van der Waals surface area (Å²) in [5, 5.41) is 8.51. The second kappa shape index (κ2) is 7.94. The quantitative estimate of drug-likeness (QED) is 0.419. The number of guanidine groups is 1. The Kier molecular flexibility index (Phi) is 5.62. The van der Waals surface area contributed by atoms with Gasteiger partial charge in [0.15, 0.2) is 5.96 Å². The van der Waals surface area contributed by atoms with E-state index in [1.807, 2.05) is 32.2 Å². The molecule has 3 amide bonds. The zero-order chi connectivity index (χ0) is 19.4. The minimum absolute atomic E-state index is 0.115. The number of likely N-dealkylation sites (tertiary alicyclic amines) is 1. The summed E-state index contributed by atoms with van der Waals surface area (Å²) < 4.78 is 0. The third kappa shape index (κ3) is 4.20. The van der Waals surface area contributed by atoms with E-state index in [0.29, 0.717) is 6.54 Å². The molecule has 2 saturated heterocycles. The van der Waals surface area contributed by atoms with Gasteiger partial charge in [-0.15, -0.1) is 0 Å². The highest BCUT2D eigenvalue weighted by Crippen LogP contribution is 2.30. The number of aryl methyl sites for hydroxylation is 1. The van der Waals surface area contributed by atoms with E-state index in [4.69, 9.17) is 4.99 Å². The first kappa shape index (κ1) is 19.1. The number of hydrogen-bond acceptors (Lipinski definition) is 4. The molecule has 1 atom stereocenters. The van der Waals surface area contributed by atoms with Crippen LogP contribution in [0.1, 0.15) is 37.9 Å². The van der Waals surface area contributed by atoms with E-state index in [1.54, 1.807) is 0 Å². The molecule has 27 heavy (non-hydrogen) atoms. The van der Waals surface area contributed by atoms with Crippen LogP contribution in [-0.2, 0) is 11.3 Å². The van der Waals surface area contributed by atoms with E-state index in [1.165, 1.54) is 0 Å². The fraction of sp³-hybridized carbons (Fsp3) is 0.579. The van der Waals surface area contributed by atoms with Crippen molar-refractivity contribution in [1.29, 1.82) is 0 Å². The summed E-state index contributed by atoms with van der Waals surface area (Å²) in [7, 11) is 0. The monoisotopic (exact) mass is 372 g/mol. The highest BCUT2D eigenvalue weighted by molar-refractivity contribution is 6.07. The molecule has 3 N–H and O–H groups in total. The summed E-state index contributed by atoms with van der Waals surface area (Å²) in [6.07, 6.45) is 3.50. The van der Waals surface area contributed by atoms with Crippen LogP contribution in [0.4, 0.5) is 4.79 Å². The summed E-state index contributed by atoms with van der Waals surface area (Å²) in [4.78, 5) is 35.0. The molecule has 0 bridgehead atoms. The largest absolute Gasteiger partial charge is 0.357 e. The summed E-state index contributed by atoms with van der Waals surface area (Å²) in [5.74, 6) is 0.768. The Labute approximate surface area is 159 Å². The van der Waals surface area contributed by atoms with Gasteiger partial charge in [0.25, 0.3) is 5.91 Å². The fourth-order valence-electron chi connectivity index (χ4n) is 3.70. The number of carbonyl (C=O) groups is 2. The van der Waals surface area contributed by atoms with Gasteiger partial charge in [0.2, 0.25) is 0 Å². The van der Waals surface area contributed by atoms with Gasteiger partial charge in [-0.05, 0) is 51.2 Å². The van der Waals surface area contributed by atoms with Gasteiger partial charge < -0.3 is 15.5 Å². The van der Waals surface area contributed by atoms with E-state index in [0.717, 1.165) is 49.7 Å². The van der Waals surface area contributed by atoms with Crippen molar-refractivity contribution in [3.8, 4) is 0 Å². The molecule has 1 aromatic rings. The highest BCUT2D eigenvalue weighted by Gasteiger charge is 2.48. The molecule has 0 aliphatic carbocycles. The molecular formula is C19H28N6O2. The van der Waals surface area contributed by atoms with E-state index in [9.17, 15) is 9.59 Å². The van der Waals surface area contributed by atoms with Gasteiger partial charge in [-0.1, -0.05) is 6.07 Å². The van der Waals surface area contributed by atoms with Crippen LogP contribution in [0.25, 0.3) is 0 Å². The number of imide groups is 1. The number of aromatic nitrogens is 1. The average molecular weight is 372 g/mol. The Morgan fingerprint density at radius 1 is 1.37 bits per heavy atom. The maximum Gasteiger partial charge on any atom is 0.322 e. The van der Waals surface area contributed by atoms with Crippen LogP contribution in [0, 0.1) is 12.8 Å². The summed E-state index contributed by atoms with van der Waals surface area (Å²) in [5.41, 5.74) is 1.25. The number of urea groups is 1. The Hall–Kier alpha value is -2.64. The lowest BCUT2D eigenvalue weighted by molar-refractivity contribution is -0.125. The topological polar surface area (TPSA) is 98.7 Å². The Bertz CT molecular complexity index is 724. The Morgan fingerprint density at radius 2 is 2.11 bits per heavy atom. The van der Waals surface area contributed by atoms with Gasteiger partial charge in [-0.2, -0.15) is 0 Å². The standard InChI is InChI=1S/C19H28N6O2/c1-4-20-17(22-12-14-6-5-13(2)21-11-14)25-9-7-15(8-10-25)19(3)16(26)23-18(27)24-19/h5-6,11,15H,4,7-10,12H2,1-3H3,(H,20,22)(H2,23,24,26,27). The predicted molar refractivity (Wildman–Crippen MR) is 103 cm³/mol. The molecule has 146 valence electrons. The van der Waals surface area contributed by atoms with E-state index in [-0.39, 0.29) is 11.8 Å². The van der Waals surface area contributed by atoms with Crippen molar-refractivity contribution in [3.63, 3.8) is 0 Å². The van der Waals surface area contributed by atoms with Crippen LogP contribution < -0.4 is 16.0 Å².